The van der Waals surface area contributed by atoms with Crippen LogP contribution in [0.2, 0.25) is 5.02 Å². The molecule has 0 aliphatic carbocycles. The molecule has 0 fully saturated rings. The van der Waals surface area contributed by atoms with E-state index in [9.17, 15) is 9.90 Å². The number of carbonyl (C=O) groups excluding carboxylic acids is 1. The average Bonchev–Trinajstić information content (AvgIpc) is 2.33. The molecule has 4 nitrogen and oxygen atoms in total. The fourth-order valence-corrected chi connectivity index (χ4v) is 1.91. The number of para-hydroxylation sites is 1. The van der Waals surface area contributed by atoms with Gasteiger partial charge in [0.2, 0.25) is 0 Å². The normalized spacial score (nSPS) is 10.2. The third-order valence-electron chi connectivity index (χ3n) is 2.75. The van der Waals surface area contributed by atoms with Gasteiger partial charge in [0, 0.05) is 5.02 Å². The predicted octanol–water partition coefficient (Wildman–Crippen LogP) is 3.19. The summed E-state index contributed by atoms with van der Waals surface area (Å²) < 4.78 is 0. The van der Waals surface area contributed by atoms with Gasteiger partial charge in [-0.25, -0.2) is 0 Å². The minimum atomic E-state index is -0.435. The zero-order valence-electron chi connectivity index (χ0n) is 10.3. The minimum absolute atomic E-state index is 0.145. The van der Waals surface area contributed by atoms with E-state index < -0.39 is 5.91 Å². The topological polar surface area (TPSA) is 75.3 Å². The Hall–Kier alpha value is -2.20. The number of carbonyl (C=O) groups is 1. The molecule has 0 heterocycles. The summed E-state index contributed by atoms with van der Waals surface area (Å²) >= 11 is 5.72. The molecule has 0 spiro atoms. The summed E-state index contributed by atoms with van der Waals surface area (Å²) in [4.78, 5) is 12.1. The number of anilines is 2. The number of hydrogen-bond donors (Lipinski definition) is 3. The molecule has 0 radical (unpaired) electrons. The molecule has 0 unspecified atom stereocenters. The van der Waals surface area contributed by atoms with Crippen LogP contribution >= 0.6 is 11.6 Å². The van der Waals surface area contributed by atoms with Gasteiger partial charge in [0.05, 0.1) is 16.9 Å². The number of phenols is 1. The van der Waals surface area contributed by atoms with Crippen molar-refractivity contribution in [3.8, 4) is 5.75 Å². The molecule has 0 atom stereocenters. The molecule has 0 aliphatic rings. The standard InChI is InChI=1S/C14H13ClN2O2/c1-8-3-2-4-11(16)13(8)17-14(19)10-6-5-9(15)7-12(10)18/h2-7,18H,16H2,1H3,(H,17,19). The molecule has 98 valence electrons. The zero-order chi connectivity index (χ0) is 14.0. The fraction of sp³-hybridized carbons (Fsp3) is 0.0714. The van der Waals surface area contributed by atoms with Crippen LogP contribution in [0.3, 0.4) is 0 Å². The largest absolute Gasteiger partial charge is 0.507 e. The van der Waals surface area contributed by atoms with Crippen LogP contribution in [0.25, 0.3) is 0 Å². The quantitative estimate of drug-likeness (QED) is 0.737. The third-order valence-corrected chi connectivity index (χ3v) is 2.98. The van der Waals surface area contributed by atoms with E-state index >= 15 is 0 Å². The number of amides is 1. The van der Waals surface area contributed by atoms with E-state index in [0.29, 0.717) is 16.4 Å². The van der Waals surface area contributed by atoms with Gasteiger partial charge in [-0.1, -0.05) is 23.7 Å². The Morgan fingerprint density at radius 3 is 2.68 bits per heavy atom. The Balaban J connectivity index is 2.31. The summed E-state index contributed by atoms with van der Waals surface area (Å²) in [5, 5.41) is 12.8. The Morgan fingerprint density at radius 2 is 2.05 bits per heavy atom. The number of phenolic OH excluding ortho intramolecular Hbond substituents is 1. The van der Waals surface area contributed by atoms with Crippen LogP contribution in [0.15, 0.2) is 36.4 Å². The van der Waals surface area contributed by atoms with Crippen molar-refractivity contribution < 1.29 is 9.90 Å². The van der Waals surface area contributed by atoms with Crippen LogP contribution in [0, 0.1) is 6.92 Å². The number of halogens is 1. The molecule has 0 saturated heterocycles. The van der Waals surface area contributed by atoms with E-state index in [1.165, 1.54) is 18.2 Å². The maximum Gasteiger partial charge on any atom is 0.259 e. The molecule has 1 amide bonds. The van der Waals surface area contributed by atoms with E-state index in [-0.39, 0.29) is 11.3 Å². The van der Waals surface area contributed by atoms with Gasteiger partial charge in [-0.05, 0) is 36.8 Å². The van der Waals surface area contributed by atoms with Gasteiger partial charge in [0.25, 0.3) is 5.91 Å². The monoisotopic (exact) mass is 276 g/mol. The summed E-state index contributed by atoms with van der Waals surface area (Å²) in [5.41, 5.74) is 7.82. The van der Waals surface area contributed by atoms with Crippen LogP contribution in [0.1, 0.15) is 15.9 Å². The van der Waals surface area contributed by atoms with Gasteiger partial charge < -0.3 is 16.2 Å². The smallest absolute Gasteiger partial charge is 0.259 e. The third kappa shape index (κ3) is 2.80. The Labute approximate surface area is 115 Å². The molecule has 4 N–H and O–H groups in total. The lowest BCUT2D eigenvalue weighted by Gasteiger charge is -2.11. The van der Waals surface area contributed by atoms with E-state index in [4.69, 9.17) is 17.3 Å². The second kappa shape index (κ2) is 5.20. The first-order chi connectivity index (χ1) is 8.99. The maximum absolute atomic E-state index is 12.1. The molecule has 0 bridgehead atoms. The van der Waals surface area contributed by atoms with Crippen molar-refractivity contribution in [1.29, 1.82) is 0 Å². The van der Waals surface area contributed by atoms with Gasteiger partial charge in [-0.2, -0.15) is 0 Å². The molecule has 0 saturated carbocycles. The van der Waals surface area contributed by atoms with Crippen molar-refractivity contribution in [1.82, 2.24) is 0 Å². The summed E-state index contributed by atoms with van der Waals surface area (Å²) in [5.74, 6) is -0.604. The molecule has 19 heavy (non-hydrogen) atoms. The first-order valence-electron chi connectivity index (χ1n) is 5.64. The molecule has 0 aliphatic heterocycles. The second-order valence-corrected chi connectivity index (χ2v) is 4.59. The van der Waals surface area contributed by atoms with E-state index in [1.54, 1.807) is 12.1 Å². The van der Waals surface area contributed by atoms with Crippen LogP contribution in [0.4, 0.5) is 11.4 Å². The number of aromatic hydroxyl groups is 1. The van der Waals surface area contributed by atoms with Crippen molar-refractivity contribution in [2.45, 2.75) is 6.92 Å². The summed E-state index contributed by atoms with van der Waals surface area (Å²) in [6.07, 6.45) is 0. The molecule has 2 rings (SSSR count). The Morgan fingerprint density at radius 1 is 1.32 bits per heavy atom. The van der Waals surface area contributed by atoms with Crippen molar-refractivity contribution in [2.75, 3.05) is 11.1 Å². The van der Waals surface area contributed by atoms with Gasteiger partial charge in [-0.3, -0.25) is 4.79 Å². The van der Waals surface area contributed by atoms with Gasteiger partial charge in [0.15, 0.2) is 0 Å². The van der Waals surface area contributed by atoms with Crippen molar-refractivity contribution in [2.24, 2.45) is 0 Å². The zero-order valence-corrected chi connectivity index (χ0v) is 11.0. The van der Waals surface area contributed by atoms with Crippen LogP contribution in [-0.2, 0) is 0 Å². The number of nitrogen functional groups attached to an aromatic ring is 1. The predicted molar refractivity (Wildman–Crippen MR) is 76.7 cm³/mol. The molecule has 2 aromatic rings. The molecule has 0 aromatic heterocycles. The number of nitrogens with one attached hydrogen (secondary N) is 1. The maximum atomic E-state index is 12.1. The minimum Gasteiger partial charge on any atom is -0.507 e. The molecular weight excluding hydrogens is 264 g/mol. The Kier molecular flexibility index (Phi) is 3.62. The number of aryl methyl sites for hydroxylation is 1. The average molecular weight is 277 g/mol. The number of nitrogens with two attached hydrogens (primary N) is 1. The van der Waals surface area contributed by atoms with Crippen molar-refractivity contribution in [3.05, 3.63) is 52.5 Å². The SMILES string of the molecule is Cc1cccc(N)c1NC(=O)c1ccc(Cl)cc1O. The Bertz CT molecular complexity index is 621. The summed E-state index contributed by atoms with van der Waals surface area (Å²) in [6, 6.07) is 9.66. The fourth-order valence-electron chi connectivity index (χ4n) is 1.74. The number of rotatable bonds is 2. The molecular formula is C14H13ClN2O2. The van der Waals surface area contributed by atoms with Crippen LogP contribution in [-0.4, -0.2) is 11.0 Å². The van der Waals surface area contributed by atoms with Crippen LogP contribution < -0.4 is 11.1 Å². The lowest BCUT2D eigenvalue weighted by Crippen LogP contribution is -2.14. The lowest BCUT2D eigenvalue weighted by molar-refractivity contribution is 0.102. The molecule has 2 aromatic carbocycles. The number of hydrogen-bond acceptors (Lipinski definition) is 3. The highest BCUT2D eigenvalue weighted by atomic mass is 35.5. The summed E-state index contributed by atoms with van der Waals surface area (Å²) in [7, 11) is 0. The van der Waals surface area contributed by atoms with Crippen molar-refractivity contribution in [3.63, 3.8) is 0 Å². The first-order valence-corrected chi connectivity index (χ1v) is 6.02. The van der Waals surface area contributed by atoms with E-state index in [0.717, 1.165) is 5.56 Å². The second-order valence-electron chi connectivity index (χ2n) is 4.15. The van der Waals surface area contributed by atoms with E-state index in [2.05, 4.69) is 5.32 Å². The number of benzene rings is 2. The highest BCUT2D eigenvalue weighted by Gasteiger charge is 2.13. The van der Waals surface area contributed by atoms with Gasteiger partial charge >= 0.3 is 0 Å². The lowest BCUT2D eigenvalue weighted by atomic mass is 10.1. The molecule has 5 heteroatoms. The van der Waals surface area contributed by atoms with Crippen LogP contribution in [0.5, 0.6) is 5.75 Å². The summed E-state index contributed by atoms with van der Waals surface area (Å²) in [6.45, 7) is 1.84. The highest BCUT2D eigenvalue weighted by Crippen LogP contribution is 2.26. The van der Waals surface area contributed by atoms with Gasteiger partial charge in [-0.15, -0.1) is 0 Å². The van der Waals surface area contributed by atoms with E-state index in [1.807, 2.05) is 13.0 Å². The highest BCUT2D eigenvalue weighted by molar-refractivity contribution is 6.31. The first kappa shape index (κ1) is 13.2. The van der Waals surface area contributed by atoms with Crippen molar-refractivity contribution >= 4 is 28.9 Å². The van der Waals surface area contributed by atoms with Gasteiger partial charge in [0.1, 0.15) is 5.75 Å².